The van der Waals surface area contributed by atoms with Crippen molar-refractivity contribution in [1.29, 1.82) is 0 Å². The maximum atomic E-state index is 5.83. The largest absolute Gasteiger partial charge is 0.493 e. The van der Waals surface area contributed by atoms with Gasteiger partial charge < -0.3 is 4.74 Å². The first-order chi connectivity index (χ1) is 10.2. The molecule has 3 heteroatoms. The van der Waals surface area contributed by atoms with E-state index in [1.807, 2.05) is 18.2 Å². The van der Waals surface area contributed by atoms with Crippen LogP contribution in [0.1, 0.15) is 36.1 Å². The van der Waals surface area contributed by atoms with Gasteiger partial charge in [-0.2, -0.15) is 0 Å². The van der Waals surface area contributed by atoms with E-state index in [0.717, 1.165) is 30.8 Å². The van der Waals surface area contributed by atoms with Crippen LogP contribution in [0.5, 0.6) is 5.75 Å². The number of nitrogens with one attached hydrogen (secondary N) is 1. The summed E-state index contributed by atoms with van der Waals surface area (Å²) in [5.74, 6) is 6.69. The van der Waals surface area contributed by atoms with Gasteiger partial charge >= 0.3 is 0 Å². The van der Waals surface area contributed by atoms with Crippen LogP contribution in [0.3, 0.4) is 0 Å². The third-order valence-corrected chi connectivity index (χ3v) is 3.52. The Morgan fingerprint density at radius 3 is 2.48 bits per heavy atom. The molecule has 1 unspecified atom stereocenters. The van der Waals surface area contributed by atoms with E-state index in [2.05, 4.69) is 49.6 Å². The summed E-state index contributed by atoms with van der Waals surface area (Å²) < 4.78 is 5.83. The highest BCUT2D eigenvalue weighted by Crippen LogP contribution is 2.27. The van der Waals surface area contributed by atoms with E-state index in [1.54, 1.807) is 0 Å². The van der Waals surface area contributed by atoms with Gasteiger partial charge in [0.25, 0.3) is 0 Å². The fraction of sp³-hybridized carbons (Fsp3) is 0.333. The Bertz CT molecular complexity index is 551. The SMILES string of the molecule is CCCOc1ccccc1C(Cc1ccc(C)cc1)NN. The zero-order valence-electron chi connectivity index (χ0n) is 12.8. The van der Waals surface area contributed by atoms with Gasteiger partial charge in [-0.05, 0) is 31.4 Å². The van der Waals surface area contributed by atoms with Gasteiger partial charge in [0, 0.05) is 5.56 Å². The summed E-state index contributed by atoms with van der Waals surface area (Å²) in [5.41, 5.74) is 6.55. The van der Waals surface area contributed by atoms with Gasteiger partial charge in [0.05, 0.1) is 12.6 Å². The second-order valence-corrected chi connectivity index (χ2v) is 5.30. The third kappa shape index (κ3) is 4.31. The number of hydrogen-bond donors (Lipinski definition) is 2. The molecule has 0 aromatic heterocycles. The molecule has 0 saturated heterocycles. The van der Waals surface area contributed by atoms with Crippen LogP contribution in [0.4, 0.5) is 0 Å². The lowest BCUT2D eigenvalue weighted by Gasteiger charge is -2.20. The summed E-state index contributed by atoms with van der Waals surface area (Å²) in [5, 5.41) is 0. The van der Waals surface area contributed by atoms with Gasteiger partial charge in [0.15, 0.2) is 0 Å². The van der Waals surface area contributed by atoms with Crippen LogP contribution in [-0.2, 0) is 6.42 Å². The maximum Gasteiger partial charge on any atom is 0.124 e. The van der Waals surface area contributed by atoms with Crippen molar-refractivity contribution >= 4 is 0 Å². The first kappa shape index (κ1) is 15.5. The molecule has 0 bridgehead atoms. The molecule has 1 atom stereocenters. The number of nitrogens with two attached hydrogens (primary N) is 1. The molecule has 0 amide bonds. The minimum absolute atomic E-state index is 0.0424. The molecule has 2 aromatic carbocycles. The number of ether oxygens (including phenoxy) is 1. The van der Waals surface area contributed by atoms with Crippen molar-refractivity contribution in [3.8, 4) is 5.75 Å². The first-order valence-electron chi connectivity index (χ1n) is 7.48. The first-order valence-corrected chi connectivity index (χ1v) is 7.48. The molecule has 0 aliphatic heterocycles. The molecule has 2 aromatic rings. The summed E-state index contributed by atoms with van der Waals surface area (Å²) in [4.78, 5) is 0. The molecule has 3 N–H and O–H groups in total. The van der Waals surface area contributed by atoms with Crippen LogP contribution >= 0.6 is 0 Å². The Balaban J connectivity index is 2.18. The van der Waals surface area contributed by atoms with Crippen molar-refractivity contribution in [2.45, 2.75) is 32.7 Å². The van der Waals surface area contributed by atoms with Gasteiger partial charge in [-0.3, -0.25) is 11.3 Å². The molecule has 0 fully saturated rings. The molecule has 0 aliphatic rings. The van der Waals surface area contributed by atoms with Crippen molar-refractivity contribution in [1.82, 2.24) is 5.43 Å². The molecule has 0 aliphatic carbocycles. The van der Waals surface area contributed by atoms with Gasteiger partial charge in [-0.25, -0.2) is 0 Å². The second kappa shape index (κ2) is 7.81. The molecule has 21 heavy (non-hydrogen) atoms. The van der Waals surface area contributed by atoms with Gasteiger partial charge in [0.1, 0.15) is 5.75 Å². The van der Waals surface area contributed by atoms with E-state index in [4.69, 9.17) is 10.6 Å². The monoisotopic (exact) mass is 284 g/mol. The minimum Gasteiger partial charge on any atom is -0.493 e. The van der Waals surface area contributed by atoms with E-state index >= 15 is 0 Å². The molecule has 3 nitrogen and oxygen atoms in total. The minimum atomic E-state index is 0.0424. The Morgan fingerprint density at radius 2 is 1.81 bits per heavy atom. The van der Waals surface area contributed by atoms with Crippen molar-refractivity contribution < 1.29 is 4.74 Å². The van der Waals surface area contributed by atoms with E-state index in [1.165, 1.54) is 11.1 Å². The van der Waals surface area contributed by atoms with Crippen LogP contribution in [-0.4, -0.2) is 6.61 Å². The summed E-state index contributed by atoms with van der Waals surface area (Å²) in [6, 6.07) is 16.7. The van der Waals surface area contributed by atoms with Crippen molar-refractivity contribution in [2.75, 3.05) is 6.61 Å². The highest BCUT2D eigenvalue weighted by atomic mass is 16.5. The van der Waals surface area contributed by atoms with Gasteiger partial charge in [0.2, 0.25) is 0 Å². The van der Waals surface area contributed by atoms with E-state index in [9.17, 15) is 0 Å². The maximum absolute atomic E-state index is 5.83. The zero-order chi connectivity index (χ0) is 15.1. The van der Waals surface area contributed by atoms with E-state index in [0.29, 0.717) is 0 Å². The van der Waals surface area contributed by atoms with Crippen molar-refractivity contribution in [3.05, 3.63) is 65.2 Å². The zero-order valence-corrected chi connectivity index (χ0v) is 12.8. The summed E-state index contributed by atoms with van der Waals surface area (Å²) in [6.45, 7) is 4.92. The number of benzene rings is 2. The molecule has 2 rings (SSSR count). The summed E-state index contributed by atoms with van der Waals surface area (Å²) >= 11 is 0. The Morgan fingerprint density at radius 1 is 1.10 bits per heavy atom. The molecule has 0 radical (unpaired) electrons. The number of hydrogen-bond acceptors (Lipinski definition) is 3. The number of rotatable bonds is 7. The number of aryl methyl sites for hydroxylation is 1. The molecule has 0 heterocycles. The Kier molecular flexibility index (Phi) is 5.78. The quantitative estimate of drug-likeness (QED) is 0.604. The average molecular weight is 284 g/mol. The summed E-state index contributed by atoms with van der Waals surface area (Å²) in [6.07, 6.45) is 1.83. The normalized spacial score (nSPS) is 12.1. The smallest absolute Gasteiger partial charge is 0.124 e. The highest BCUT2D eigenvalue weighted by molar-refractivity contribution is 5.37. The predicted octanol–water partition coefficient (Wildman–Crippen LogP) is 3.53. The van der Waals surface area contributed by atoms with Crippen LogP contribution in [0.2, 0.25) is 0 Å². The van der Waals surface area contributed by atoms with Crippen LogP contribution in [0.25, 0.3) is 0 Å². The van der Waals surface area contributed by atoms with Crippen LogP contribution in [0.15, 0.2) is 48.5 Å². The predicted molar refractivity (Wildman–Crippen MR) is 87.2 cm³/mol. The molecule has 0 saturated carbocycles. The topological polar surface area (TPSA) is 47.3 Å². The third-order valence-electron chi connectivity index (χ3n) is 3.52. The lowest BCUT2D eigenvalue weighted by Crippen LogP contribution is -2.30. The Hall–Kier alpha value is -1.84. The fourth-order valence-corrected chi connectivity index (χ4v) is 2.33. The molecular weight excluding hydrogens is 260 g/mol. The number of para-hydroxylation sites is 1. The molecule has 0 spiro atoms. The van der Waals surface area contributed by atoms with Crippen LogP contribution in [0, 0.1) is 6.92 Å². The van der Waals surface area contributed by atoms with Crippen molar-refractivity contribution in [3.63, 3.8) is 0 Å². The Labute approximate surface area is 127 Å². The standard InChI is InChI=1S/C18H24N2O/c1-3-12-21-18-7-5-4-6-16(18)17(20-19)13-15-10-8-14(2)9-11-15/h4-11,17,20H,3,12-13,19H2,1-2H3. The second-order valence-electron chi connectivity index (χ2n) is 5.30. The number of hydrazine groups is 1. The average Bonchev–Trinajstić information content (AvgIpc) is 2.53. The molecule has 112 valence electrons. The fourth-order valence-electron chi connectivity index (χ4n) is 2.33. The molecular formula is C18H24N2O. The lowest BCUT2D eigenvalue weighted by molar-refractivity contribution is 0.310. The summed E-state index contributed by atoms with van der Waals surface area (Å²) in [7, 11) is 0. The van der Waals surface area contributed by atoms with Crippen LogP contribution < -0.4 is 16.0 Å². The lowest BCUT2D eigenvalue weighted by atomic mass is 9.98. The highest BCUT2D eigenvalue weighted by Gasteiger charge is 2.15. The van der Waals surface area contributed by atoms with Gasteiger partial charge in [-0.15, -0.1) is 0 Å². The van der Waals surface area contributed by atoms with E-state index < -0.39 is 0 Å². The van der Waals surface area contributed by atoms with E-state index in [-0.39, 0.29) is 6.04 Å². The van der Waals surface area contributed by atoms with Gasteiger partial charge in [-0.1, -0.05) is 55.0 Å². The van der Waals surface area contributed by atoms with Crippen molar-refractivity contribution in [2.24, 2.45) is 5.84 Å².